The third-order valence-corrected chi connectivity index (χ3v) is 3.57. The van der Waals surface area contributed by atoms with E-state index in [2.05, 4.69) is 29.1 Å². The Labute approximate surface area is 125 Å². The molecule has 0 spiro atoms. The van der Waals surface area contributed by atoms with Gasteiger partial charge in [0.2, 0.25) is 0 Å². The molecule has 1 atom stereocenters. The molecule has 112 valence electrons. The molecule has 0 bridgehead atoms. The van der Waals surface area contributed by atoms with Crippen molar-refractivity contribution in [2.24, 2.45) is 5.14 Å². The van der Waals surface area contributed by atoms with Crippen molar-refractivity contribution in [3.63, 3.8) is 0 Å². The summed E-state index contributed by atoms with van der Waals surface area (Å²) in [5.74, 6) is 0. The van der Waals surface area contributed by atoms with Gasteiger partial charge in [0.05, 0.1) is 5.69 Å². The third-order valence-electron chi connectivity index (χ3n) is 3.05. The normalized spacial score (nSPS) is 12.7. The summed E-state index contributed by atoms with van der Waals surface area (Å²) >= 11 is 0. The van der Waals surface area contributed by atoms with Crippen LogP contribution in [0.15, 0.2) is 48.5 Å². The lowest BCUT2D eigenvalue weighted by molar-refractivity contribution is 0.603. The van der Waals surface area contributed by atoms with Gasteiger partial charge in [0.1, 0.15) is 0 Å². The lowest BCUT2D eigenvalue weighted by Crippen LogP contribution is -2.21. The minimum Gasteiger partial charge on any atom is -0.378 e. The molecule has 2 rings (SSSR count). The summed E-state index contributed by atoms with van der Waals surface area (Å²) in [6.45, 7) is 4.10. The van der Waals surface area contributed by atoms with Crippen LogP contribution in [0.3, 0.4) is 0 Å². The van der Waals surface area contributed by atoms with E-state index in [-0.39, 0.29) is 6.04 Å². The lowest BCUT2D eigenvalue weighted by atomic mass is 10.1. The number of nitrogens with one attached hydrogen (secondary N) is 2. The molecule has 0 heterocycles. The molecule has 21 heavy (non-hydrogen) atoms. The summed E-state index contributed by atoms with van der Waals surface area (Å²) in [6, 6.07) is 15.3. The van der Waals surface area contributed by atoms with Crippen molar-refractivity contribution in [3.05, 3.63) is 59.7 Å². The van der Waals surface area contributed by atoms with Gasteiger partial charge in [-0.3, -0.25) is 4.72 Å². The summed E-state index contributed by atoms with van der Waals surface area (Å²) in [5, 5.41) is 8.30. The van der Waals surface area contributed by atoms with Crippen LogP contribution in [0, 0.1) is 6.92 Å². The number of hydrogen-bond acceptors (Lipinski definition) is 3. The summed E-state index contributed by atoms with van der Waals surface area (Å²) in [5.41, 5.74) is 3.61. The molecule has 0 fully saturated rings. The highest BCUT2D eigenvalue weighted by atomic mass is 32.2. The molecule has 5 nitrogen and oxygen atoms in total. The van der Waals surface area contributed by atoms with Gasteiger partial charge in [-0.1, -0.05) is 35.9 Å². The molecular formula is C15H19N3O2S. The van der Waals surface area contributed by atoms with E-state index in [0.717, 1.165) is 5.69 Å². The molecule has 0 aliphatic rings. The summed E-state index contributed by atoms with van der Waals surface area (Å²) < 4.78 is 24.3. The first-order valence-corrected chi connectivity index (χ1v) is 8.12. The van der Waals surface area contributed by atoms with Gasteiger partial charge in [-0.15, -0.1) is 0 Å². The Hall–Kier alpha value is -2.05. The Balaban J connectivity index is 2.14. The number of benzene rings is 2. The van der Waals surface area contributed by atoms with E-state index in [4.69, 9.17) is 5.14 Å². The molecule has 0 aliphatic heterocycles. The highest BCUT2D eigenvalue weighted by Crippen LogP contribution is 2.22. The Bertz CT molecular complexity index is 729. The zero-order chi connectivity index (χ0) is 15.5. The fraction of sp³-hybridized carbons (Fsp3) is 0.200. The Morgan fingerprint density at radius 2 is 1.71 bits per heavy atom. The van der Waals surface area contributed by atoms with Gasteiger partial charge in [0, 0.05) is 11.7 Å². The van der Waals surface area contributed by atoms with Crippen LogP contribution in [0.4, 0.5) is 11.4 Å². The quantitative estimate of drug-likeness (QED) is 0.794. The Morgan fingerprint density at radius 3 is 2.38 bits per heavy atom. The molecule has 0 saturated heterocycles. The molecule has 0 amide bonds. The van der Waals surface area contributed by atoms with E-state index in [1.807, 2.05) is 25.1 Å². The van der Waals surface area contributed by atoms with Gasteiger partial charge in [-0.2, -0.15) is 8.42 Å². The van der Waals surface area contributed by atoms with Crippen LogP contribution in [0.1, 0.15) is 24.1 Å². The van der Waals surface area contributed by atoms with Crippen LogP contribution in [0.2, 0.25) is 0 Å². The van der Waals surface area contributed by atoms with E-state index < -0.39 is 10.2 Å². The molecule has 4 N–H and O–H groups in total. The maximum absolute atomic E-state index is 11.0. The first-order chi connectivity index (χ1) is 9.83. The van der Waals surface area contributed by atoms with E-state index in [1.54, 1.807) is 18.2 Å². The van der Waals surface area contributed by atoms with Gasteiger partial charge in [-0.25, -0.2) is 5.14 Å². The molecule has 2 aromatic carbocycles. The van der Waals surface area contributed by atoms with Gasteiger partial charge < -0.3 is 5.32 Å². The molecule has 1 unspecified atom stereocenters. The summed E-state index contributed by atoms with van der Waals surface area (Å²) in [6.07, 6.45) is 0. The SMILES string of the molecule is Cc1cccc(C(C)Nc2cccc(NS(N)(=O)=O)c2)c1. The van der Waals surface area contributed by atoms with Crippen LogP contribution in [0.5, 0.6) is 0 Å². The second kappa shape index (κ2) is 6.15. The van der Waals surface area contributed by atoms with E-state index >= 15 is 0 Å². The van der Waals surface area contributed by atoms with Crippen molar-refractivity contribution in [1.29, 1.82) is 0 Å². The monoisotopic (exact) mass is 305 g/mol. The first kappa shape index (κ1) is 15.3. The van der Waals surface area contributed by atoms with Crippen LogP contribution in [0.25, 0.3) is 0 Å². The Kier molecular flexibility index (Phi) is 4.50. The van der Waals surface area contributed by atoms with Crippen LogP contribution >= 0.6 is 0 Å². The van der Waals surface area contributed by atoms with Gasteiger partial charge >= 0.3 is 0 Å². The van der Waals surface area contributed by atoms with Crippen LogP contribution in [-0.2, 0) is 10.2 Å². The highest BCUT2D eigenvalue weighted by molar-refractivity contribution is 7.90. The third kappa shape index (κ3) is 4.77. The standard InChI is InChI=1S/C15H19N3O2S/c1-11-5-3-6-13(9-11)12(2)17-14-7-4-8-15(10-14)18-21(16,19)20/h3-10,12,17-18H,1-2H3,(H2,16,19,20). The Morgan fingerprint density at radius 1 is 1.05 bits per heavy atom. The number of rotatable bonds is 5. The minimum atomic E-state index is -3.76. The lowest BCUT2D eigenvalue weighted by Gasteiger charge is -2.17. The fourth-order valence-electron chi connectivity index (χ4n) is 2.11. The molecule has 0 radical (unpaired) electrons. The zero-order valence-electron chi connectivity index (χ0n) is 12.0. The summed E-state index contributed by atoms with van der Waals surface area (Å²) in [7, 11) is -3.76. The maximum Gasteiger partial charge on any atom is 0.296 e. The van der Waals surface area contributed by atoms with Crippen molar-refractivity contribution in [3.8, 4) is 0 Å². The van der Waals surface area contributed by atoms with Crippen molar-refractivity contribution in [1.82, 2.24) is 0 Å². The topological polar surface area (TPSA) is 84.2 Å². The van der Waals surface area contributed by atoms with Gasteiger partial charge in [0.25, 0.3) is 10.2 Å². The van der Waals surface area contributed by atoms with E-state index in [9.17, 15) is 8.42 Å². The predicted octanol–water partition coefficient (Wildman–Crippen LogP) is 2.78. The molecule has 6 heteroatoms. The molecule has 0 aromatic heterocycles. The smallest absolute Gasteiger partial charge is 0.296 e. The molecule has 0 saturated carbocycles. The van der Waals surface area contributed by atoms with Crippen molar-refractivity contribution >= 4 is 21.6 Å². The second-order valence-electron chi connectivity index (χ2n) is 5.01. The highest BCUT2D eigenvalue weighted by Gasteiger charge is 2.07. The van der Waals surface area contributed by atoms with Gasteiger partial charge in [0.15, 0.2) is 0 Å². The van der Waals surface area contributed by atoms with Crippen LogP contribution in [-0.4, -0.2) is 8.42 Å². The average Bonchev–Trinajstić information content (AvgIpc) is 2.37. The average molecular weight is 305 g/mol. The van der Waals surface area contributed by atoms with E-state index in [1.165, 1.54) is 11.1 Å². The van der Waals surface area contributed by atoms with Crippen molar-refractivity contribution < 1.29 is 8.42 Å². The molecule has 2 aromatic rings. The van der Waals surface area contributed by atoms with E-state index in [0.29, 0.717) is 5.69 Å². The predicted molar refractivity (Wildman–Crippen MR) is 86.4 cm³/mol. The summed E-state index contributed by atoms with van der Waals surface area (Å²) in [4.78, 5) is 0. The number of aryl methyl sites for hydroxylation is 1. The van der Waals surface area contributed by atoms with Crippen molar-refractivity contribution in [2.75, 3.05) is 10.0 Å². The second-order valence-corrected chi connectivity index (χ2v) is 6.30. The number of hydrogen-bond donors (Lipinski definition) is 3. The van der Waals surface area contributed by atoms with Crippen molar-refractivity contribution in [2.45, 2.75) is 19.9 Å². The minimum absolute atomic E-state index is 0.106. The largest absolute Gasteiger partial charge is 0.378 e. The fourth-order valence-corrected chi connectivity index (χ4v) is 2.57. The number of nitrogens with two attached hydrogens (primary N) is 1. The maximum atomic E-state index is 11.0. The molecule has 0 aliphatic carbocycles. The number of anilines is 2. The zero-order valence-corrected chi connectivity index (χ0v) is 12.8. The first-order valence-electron chi connectivity index (χ1n) is 6.57. The van der Waals surface area contributed by atoms with Gasteiger partial charge in [-0.05, 0) is 37.6 Å². The van der Waals surface area contributed by atoms with Crippen LogP contribution < -0.4 is 15.2 Å². The molecular weight excluding hydrogens is 286 g/mol.